The number of ketones is 1. The molecule has 4 atom stereocenters. The standard InChI is InChI=1S/C9H16O.2C2H6.CH4.B/c1-5-6(2)8(4)9(10)7(5)3;2*1-2;;/h5-8H,1-4H3;2*1-2H3;1H4;. The van der Waals surface area contributed by atoms with Crippen LogP contribution in [0.2, 0.25) is 0 Å². The maximum Gasteiger partial charge on any atom is 0.139 e. The van der Waals surface area contributed by atoms with Crippen LogP contribution in [0.5, 0.6) is 0 Å². The van der Waals surface area contributed by atoms with Crippen molar-refractivity contribution in [3.8, 4) is 0 Å². The van der Waals surface area contributed by atoms with E-state index < -0.39 is 0 Å². The molecule has 0 N–H and O–H groups in total. The highest BCUT2D eigenvalue weighted by molar-refractivity contribution is 5.85. The van der Waals surface area contributed by atoms with Gasteiger partial charge < -0.3 is 0 Å². The summed E-state index contributed by atoms with van der Waals surface area (Å²) in [7, 11) is 0. The summed E-state index contributed by atoms with van der Waals surface area (Å²) in [5.74, 6) is 2.22. The molecule has 0 saturated heterocycles. The summed E-state index contributed by atoms with van der Waals surface area (Å²) in [5, 5.41) is 0. The van der Waals surface area contributed by atoms with Crippen LogP contribution in [0.4, 0.5) is 0 Å². The van der Waals surface area contributed by atoms with Crippen molar-refractivity contribution < 1.29 is 4.79 Å². The summed E-state index contributed by atoms with van der Waals surface area (Å²) in [6, 6.07) is 0. The Kier molecular flexibility index (Phi) is 19.9. The van der Waals surface area contributed by atoms with E-state index in [1.807, 2.05) is 41.5 Å². The minimum absolute atomic E-state index is 0. The largest absolute Gasteiger partial charge is 0.299 e. The van der Waals surface area contributed by atoms with Crippen molar-refractivity contribution in [3.63, 3.8) is 0 Å². The van der Waals surface area contributed by atoms with Crippen LogP contribution in [0.15, 0.2) is 0 Å². The molecule has 1 fully saturated rings. The first-order valence-corrected chi connectivity index (χ1v) is 6.09. The molecule has 2 heteroatoms. The molecule has 1 nitrogen and oxygen atoms in total. The molecule has 1 rings (SSSR count). The molecule has 3 radical (unpaired) electrons. The SMILES string of the molecule is C.CC.CC.CC1C(=O)C(C)C(C)C1C.[B]. The highest BCUT2D eigenvalue weighted by atomic mass is 16.1. The molecule has 97 valence electrons. The van der Waals surface area contributed by atoms with Crippen molar-refractivity contribution in [2.75, 3.05) is 0 Å². The number of hydrogen-bond donors (Lipinski definition) is 0. The zero-order valence-electron chi connectivity index (χ0n) is 11.8. The lowest BCUT2D eigenvalue weighted by atomic mass is 9.92. The second kappa shape index (κ2) is 12.8. The molecule has 0 spiro atoms. The average molecular weight is 227 g/mol. The molecule has 1 saturated carbocycles. The fourth-order valence-corrected chi connectivity index (χ4v) is 1.84. The summed E-state index contributed by atoms with van der Waals surface area (Å²) in [6.45, 7) is 16.5. The van der Waals surface area contributed by atoms with Crippen LogP contribution in [0, 0.1) is 23.7 Å². The van der Waals surface area contributed by atoms with E-state index >= 15 is 0 Å². The first kappa shape index (κ1) is 24.8. The van der Waals surface area contributed by atoms with E-state index in [0.717, 1.165) is 0 Å². The lowest BCUT2D eigenvalue weighted by Gasteiger charge is -2.12. The molecule has 0 bridgehead atoms. The van der Waals surface area contributed by atoms with Gasteiger partial charge in [0, 0.05) is 20.2 Å². The van der Waals surface area contributed by atoms with Crippen LogP contribution in [0.3, 0.4) is 0 Å². The third-order valence-electron chi connectivity index (χ3n) is 3.30. The van der Waals surface area contributed by atoms with Gasteiger partial charge in [0.25, 0.3) is 0 Å². The molecule has 4 unspecified atom stereocenters. The molecular weight excluding hydrogens is 195 g/mol. The number of Topliss-reactive ketones (excluding diaryl/α,β-unsaturated/α-hetero) is 1. The Morgan fingerprint density at radius 1 is 0.750 bits per heavy atom. The van der Waals surface area contributed by atoms with Gasteiger partial charge in [0.2, 0.25) is 0 Å². The third-order valence-corrected chi connectivity index (χ3v) is 3.30. The van der Waals surface area contributed by atoms with Crippen LogP contribution in [0.1, 0.15) is 62.8 Å². The zero-order valence-corrected chi connectivity index (χ0v) is 11.8. The van der Waals surface area contributed by atoms with E-state index in [9.17, 15) is 4.79 Å². The first-order valence-electron chi connectivity index (χ1n) is 6.09. The molecule has 1 aliphatic rings. The van der Waals surface area contributed by atoms with Gasteiger partial charge in [0.15, 0.2) is 0 Å². The van der Waals surface area contributed by atoms with Crippen molar-refractivity contribution in [3.05, 3.63) is 0 Å². The topological polar surface area (TPSA) is 17.1 Å². The van der Waals surface area contributed by atoms with E-state index in [-0.39, 0.29) is 15.8 Å². The van der Waals surface area contributed by atoms with Crippen molar-refractivity contribution in [1.29, 1.82) is 0 Å². The monoisotopic (exact) mass is 227 g/mol. The predicted octanol–water partition coefficient (Wildman–Crippen LogP) is 4.42. The highest BCUT2D eigenvalue weighted by Crippen LogP contribution is 2.37. The van der Waals surface area contributed by atoms with Gasteiger partial charge in [-0.15, -0.1) is 0 Å². The Morgan fingerprint density at radius 2 is 0.938 bits per heavy atom. The van der Waals surface area contributed by atoms with Gasteiger partial charge in [-0.05, 0) is 11.8 Å². The molecule has 0 aromatic heterocycles. The normalized spacial score (nSPS) is 30.9. The second-order valence-corrected chi connectivity index (χ2v) is 3.70. The van der Waals surface area contributed by atoms with Crippen molar-refractivity contribution in [2.24, 2.45) is 23.7 Å². The van der Waals surface area contributed by atoms with Crippen molar-refractivity contribution in [1.82, 2.24) is 0 Å². The lowest BCUT2D eigenvalue weighted by Crippen LogP contribution is -2.10. The average Bonchev–Trinajstić information content (AvgIpc) is 2.42. The number of carbonyl (C=O) groups excluding carboxylic acids is 1. The van der Waals surface area contributed by atoms with Crippen molar-refractivity contribution >= 4 is 14.2 Å². The third kappa shape index (κ3) is 5.72. The Hall–Kier alpha value is -0.265. The minimum Gasteiger partial charge on any atom is -0.299 e. The maximum atomic E-state index is 11.3. The highest BCUT2D eigenvalue weighted by Gasteiger charge is 2.39. The summed E-state index contributed by atoms with van der Waals surface area (Å²) < 4.78 is 0. The van der Waals surface area contributed by atoms with E-state index in [1.54, 1.807) is 0 Å². The summed E-state index contributed by atoms with van der Waals surface area (Å²) >= 11 is 0. The molecule has 1 aliphatic carbocycles. The van der Waals surface area contributed by atoms with E-state index in [0.29, 0.717) is 29.5 Å². The number of carbonyl (C=O) groups is 1. The lowest BCUT2D eigenvalue weighted by molar-refractivity contribution is -0.123. The Labute approximate surface area is 106 Å². The van der Waals surface area contributed by atoms with E-state index in [4.69, 9.17) is 0 Å². The van der Waals surface area contributed by atoms with Gasteiger partial charge in [-0.2, -0.15) is 0 Å². The summed E-state index contributed by atoms with van der Waals surface area (Å²) in [4.78, 5) is 11.3. The first-order chi connectivity index (χ1) is 6.55. The Morgan fingerprint density at radius 3 is 1.00 bits per heavy atom. The molecule has 0 amide bonds. The van der Waals surface area contributed by atoms with Crippen LogP contribution < -0.4 is 0 Å². The summed E-state index contributed by atoms with van der Waals surface area (Å²) in [5.41, 5.74) is 0. The van der Waals surface area contributed by atoms with E-state index in [2.05, 4.69) is 13.8 Å². The molecule has 0 aromatic carbocycles. The quantitative estimate of drug-likeness (QED) is 0.560. The minimum atomic E-state index is 0. The molecule has 16 heavy (non-hydrogen) atoms. The fraction of sp³-hybridized carbons (Fsp3) is 0.929. The van der Waals surface area contributed by atoms with Crippen LogP contribution in [0.25, 0.3) is 0 Å². The maximum absolute atomic E-state index is 11.3. The smallest absolute Gasteiger partial charge is 0.139 e. The second-order valence-electron chi connectivity index (χ2n) is 3.70. The molecule has 0 heterocycles. The van der Waals surface area contributed by atoms with Gasteiger partial charge in [-0.25, -0.2) is 0 Å². The van der Waals surface area contributed by atoms with Crippen LogP contribution in [-0.2, 0) is 4.79 Å². The van der Waals surface area contributed by atoms with Crippen LogP contribution >= 0.6 is 0 Å². The molecule has 0 aliphatic heterocycles. The van der Waals surface area contributed by atoms with Gasteiger partial charge in [-0.3, -0.25) is 4.79 Å². The Balaban J connectivity index is -0.000000109. The molecule has 0 aromatic rings. The summed E-state index contributed by atoms with van der Waals surface area (Å²) in [6.07, 6.45) is 0. The number of rotatable bonds is 0. The van der Waals surface area contributed by atoms with Crippen molar-refractivity contribution in [2.45, 2.75) is 62.8 Å². The predicted molar refractivity (Wildman–Crippen MR) is 76.8 cm³/mol. The Bertz CT molecular complexity index is 141. The molecular formula is C14H32BO. The van der Waals surface area contributed by atoms with Gasteiger partial charge in [0.1, 0.15) is 5.78 Å². The van der Waals surface area contributed by atoms with Gasteiger partial charge >= 0.3 is 0 Å². The van der Waals surface area contributed by atoms with Crippen LogP contribution in [-0.4, -0.2) is 14.2 Å². The number of hydrogen-bond acceptors (Lipinski definition) is 1. The van der Waals surface area contributed by atoms with E-state index in [1.165, 1.54) is 0 Å². The van der Waals surface area contributed by atoms with Gasteiger partial charge in [0.05, 0.1) is 0 Å². The van der Waals surface area contributed by atoms with Gasteiger partial charge in [-0.1, -0.05) is 62.8 Å². The zero-order chi connectivity index (χ0) is 11.9. The fourth-order valence-electron chi connectivity index (χ4n) is 1.84.